The smallest absolute Gasteiger partial charge is 0.280 e. The molecular weight excluding hydrogens is 341 g/mol. The van der Waals surface area contributed by atoms with Crippen LogP contribution in [0, 0.1) is 0 Å². The van der Waals surface area contributed by atoms with Gasteiger partial charge in [-0.15, -0.1) is 0 Å². The van der Waals surface area contributed by atoms with Crippen LogP contribution >= 0.6 is 23.4 Å². The molecule has 0 bridgehead atoms. The molecule has 9 heteroatoms. The zero-order valence-electron chi connectivity index (χ0n) is 11.3. The molecule has 4 aromatic rings. The number of amides is 1. The quantitative estimate of drug-likeness (QED) is 0.599. The lowest BCUT2D eigenvalue weighted by molar-refractivity contribution is 0.101. The maximum Gasteiger partial charge on any atom is 0.280 e. The number of carbonyl (C=O) groups excluding carboxylic acids is 1. The van der Waals surface area contributed by atoms with Crippen molar-refractivity contribution in [2.45, 2.75) is 0 Å². The zero-order valence-corrected chi connectivity index (χ0v) is 12.8. The summed E-state index contributed by atoms with van der Waals surface area (Å²) in [5, 5.41) is 11.8. The minimum atomic E-state index is -0.474. The van der Waals surface area contributed by atoms with Gasteiger partial charge in [0, 0.05) is 27.6 Å². The van der Waals surface area contributed by atoms with Gasteiger partial charge in [-0.05, 0) is 35.5 Å². The van der Waals surface area contributed by atoms with E-state index in [1.54, 1.807) is 12.1 Å². The summed E-state index contributed by atoms with van der Waals surface area (Å²) in [6, 6.07) is 8.87. The Kier molecular flexibility index (Phi) is 3.17. The highest BCUT2D eigenvalue weighted by Gasteiger charge is 2.14. The minimum absolute atomic E-state index is 0.0603. The molecule has 4 rings (SSSR count). The highest BCUT2D eigenvalue weighted by molar-refractivity contribution is 6.32. The Bertz CT molecular complexity index is 1040. The molecule has 1 N–H and O–H groups in total. The first kappa shape index (κ1) is 14.0. The summed E-state index contributed by atoms with van der Waals surface area (Å²) in [6.07, 6.45) is 1.22. The minimum Gasteiger partial charge on any atom is -0.305 e. The summed E-state index contributed by atoms with van der Waals surface area (Å²) >= 11 is 12.3. The number of pyridine rings is 1. The molecule has 1 aromatic carbocycles. The van der Waals surface area contributed by atoms with E-state index < -0.39 is 5.91 Å². The van der Waals surface area contributed by atoms with E-state index in [0.717, 1.165) is 16.3 Å². The van der Waals surface area contributed by atoms with Gasteiger partial charge in [0.2, 0.25) is 0 Å². The molecule has 0 aliphatic carbocycles. The van der Waals surface area contributed by atoms with Crippen molar-refractivity contribution < 1.29 is 9.42 Å². The molecule has 0 aliphatic heterocycles. The standard InChI is InChI=1S/C14H7Cl2N5O2/c15-7-1-3-11-9(5-7)8-2-4-12(18-13(8)21(11)16)19-14(22)10-6-17-23-20-10/h1-6H,(H,18,19,22). The van der Waals surface area contributed by atoms with E-state index in [4.69, 9.17) is 23.4 Å². The van der Waals surface area contributed by atoms with Gasteiger partial charge >= 0.3 is 0 Å². The van der Waals surface area contributed by atoms with Crippen LogP contribution in [0.2, 0.25) is 5.02 Å². The molecule has 3 heterocycles. The van der Waals surface area contributed by atoms with E-state index >= 15 is 0 Å². The Morgan fingerprint density at radius 3 is 2.87 bits per heavy atom. The van der Waals surface area contributed by atoms with Crippen molar-refractivity contribution >= 4 is 57.0 Å². The molecule has 0 spiro atoms. The number of rotatable bonds is 2. The number of hydrogen-bond donors (Lipinski definition) is 1. The van der Waals surface area contributed by atoms with Gasteiger partial charge in [0.1, 0.15) is 12.0 Å². The van der Waals surface area contributed by atoms with Crippen molar-refractivity contribution in [1.29, 1.82) is 0 Å². The SMILES string of the molecule is O=C(Nc1ccc2c3cc(Cl)ccc3n(Cl)c2n1)c1cnon1. The van der Waals surface area contributed by atoms with Gasteiger partial charge in [0.15, 0.2) is 11.3 Å². The fourth-order valence-electron chi connectivity index (χ4n) is 2.33. The van der Waals surface area contributed by atoms with Crippen LogP contribution in [-0.4, -0.2) is 25.3 Å². The number of nitrogens with zero attached hydrogens (tertiary/aromatic N) is 4. The molecule has 0 radical (unpaired) electrons. The number of carbonyl (C=O) groups is 1. The van der Waals surface area contributed by atoms with Crippen molar-refractivity contribution in [3.05, 3.63) is 47.2 Å². The summed E-state index contributed by atoms with van der Waals surface area (Å²) < 4.78 is 5.82. The van der Waals surface area contributed by atoms with Gasteiger partial charge in [0.25, 0.3) is 5.91 Å². The highest BCUT2D eigenvalue weighted by Crippen LogP contribution is 2.31. The molecule has 3 aromatic heterocycles. The number of aromatic nitrogens is 4. The molecule has 0 fully saturated rings. The number of benzene rings is 1. The van der Waals surface area contributed by atoms with E-state index in [-0.39, 0.29) is 5.69 Å². The molecule has 23 heavy (non-hydrogen) atoms. The predicted molar refractivity (Wildman–Crippen MR) is 85.8 cm³/mol. The van der Waals surface area contributed by atoms with Crippen molar-refractivity contribution in [1.82, 2.24) is 19.4 Å². The lowest BCUT2D eigenvalue weighted by Gasteiger charge is -2.02. The maximum atomic E-state index is 11.9. The van der Waals surface area contributed by atoms with Crippen LogP contribution in [0.3, 0.4) is 0 Å². The summed E-state index contributed by atoms with van der Waals surface area (Å²) in [5.74, 6) is -0.139. The average Bonchev–Trinajstić information content (AvgIpc) is 3.16. The van der Waals surface area contributed by atoms with E-state index in [2.05, 4.69) is 25.2 Å². The Labute approximate surface area is 138 Å². The van der Waals surface area contributed by atoms with Crippen LogP contribution in [-0.2, 0) is 0 Å². The van der Waals surface area contributed by atoms with E-state index in [1.165, 1.54) is 10.3 Å². The second-order valence-corrected chi connectivity index (χ2v) is 5.53. The first-order chi connectivity index (χ1) is 11.1. The van der Waals surface area contributed by atoms with Crippen molar-refractivity contribution in [2.75, 3.05) is 5.32 Å². The second kappa shape index (κ2) is 5.22. The summed E-state index contributed by atoms with van der Waals surface area (Å²) in [4.78, 5) is 16.3. The van der Waals surface area contributed by atoms with E-state index in [0.29, 0.717) is 16.5 Å². The summed E-state index contributed by atoms with van der Waals surface area (Å²) in [6.45, 7) is 0. The number of nitrogens with one attached hydrogen (secondary N) is 1. The van der Waals surface area contributed by atoms with Crippen molar-refractivity contribution in [2.24, 2.45) is 0 Å². The van der Waals surface area contributed by atoms with Crippen LogP contribution in [0.5, 0.6) is 0 Å². The fraction of sp³-hybridized carbons (Fsp3) is 0. The Morgan fingerprint density at radius 2 is 2.09 bits per heavy atom. The molecule has 0 unspecified atom stereocenters. The van der Waals surface area contributed by atoms with Gasteiger partial charge in [0.05, 0.1) is 5.52 Å². The molecule has 0 saturated heterocycles. The first-order valence-corrected chi connectivity index (χ1v) is 7.21. The molecule has 1 amide bonds. The molecule has 0 aliphatic rings. The molecule has 0 atom stereocenters. The average molecular weight is 348 g/mol. The lowest BCUT2D eigenvalue weighted by atomic mass is 10.2. The van der Waals surface area contributed by atoms with Gasteiger partial charge in [-0.3, -0.25) is 4.79 Å². The Morgan fingerprint density at radius 1 is 1.22 bits per heavy atom. The third kappa shape index (κ3) is 2.30. The fourth-order valence-corrected chi connectivity index (χ4v) is 2.78. The Hall–Kier alpha value is -2.64. The number of halogens is 2. The third-order valence-corrected chi connectivity index (χ3v) is 3.93. The number of anilines is 1. The second-order valence-electron chi connectivity index (χ2n) is 4.76. The highest BCUT2D eigenvalue weighted by atomic mass is 35.5. The summed E-state index contributed by atoms with van der Waals surface area (Å²) in [5.41, 5.74) is 1.35. The predicted octanol–water partition coefficient (Wildman–Crippen LogP) is 3.48. The normalized spacial score (nSPS) is 11.2. The van der Waals surface area contributed by atoms with Crippen LogP contribution in [0.4, 0.5) is 5.82 Å². The molecule has 114 valence electrons. The Balaban J connectivity index is 1.80. The van der Waals surface area contributed by atoms with E-state index in [9.17, 15) is 4.79 Å². The van der Waals surface area contributed by atoms with Crippen molar-refractivity contribution in [3.8, 4) is 0 Å². The molecule has 0 saturated carbocycles. The summed E-state index contributed by atoms with van der Waals surface area (Å²) in [7, 11) is 0. The monoisotopic (exact) mass is 347 g/mol. The molecule has 7 nitrogen and oxygen atoms in total. The van der Waals surface area contributed by atoms with Gasteiger partial charge < -0.3 is 5.32 Å². The van der Waals surface area contributed by atoms with Crippen LogP contribution < -0.4 is 5.32 Å². The van der Waals surface area contributed by atoms with Crippen molar-refractivity contribution in [3.63, 3.8) is 0 Å². The van der Waals surface area contributed by atoms with E-state index in [1.807, 2.05) is 18.2 Å². The molecular formula is C14H7Cl2N5O2. The van der Waals surface area contributed by atoms with Crippen LogP contribution in [0.1, 0.15) is 10.5 Å². The van der Waals surface area contributed by atoms with Gasteiger partial charge in [-0.1, -0.05) is 16.8 Å². The van der Waals surface area contributed by atoms with Gasteiger partial charge in [-0.2, -0.15) is 0 Å². The topological polar surface area (TPSA) is 85.8 Å². The lowest BCUT2D eigenvalue weighted by Crippen LogP contribution is -2.13. The third-order valence-electron chi connectivity index (χ3n) is 3.36. The maximum absolute atomic E-state index is 11.9. The van der Waals surface area contributed by atoms with Gasteiger partial charge in [-0.25, -0.2) is 13.7 Å². The number of fused-ring (bicyclic) bond motifs is 3. The zero-order chi connectivity index (χ0) is 16.0. The largest absolute Gasteiger partial charge is 0.305 e. The number of hydrogen-bond acceptors (Lipinski definition) is 5. The van der Waals surface area contributed by atoms with Crippen LogP contribution in [0.15, 0.2) is 41.2 Å². The first-order valence-electron chi connectivity index (χ1n) is 6.49. The van der Waals surface area contributed by atoms with Crippen LogP contribution in [0.25, 0.3) is 21.9 Å².